The number of hydrogen-bond donors (Lipinski definition) is 1. The second-order valence-electron chi connectivity index (χ2n) is 5.34. The first kappa shape index (κ1) is 10.4. The first-order valence-electron chi connectivity index (χ1n) is 6.02. The van der Waals surface area contributed by atoms with Gasteiger partial charge in [-0.3, -0.25) is 0 Å². The highest BCUT2D eigenvalue weighted by Gasteiger charge is 2.47. The maximum Gasteiger partial charge on any atom is 0.0751 e. The molecule has 1 atom stereocenters. The van der Waals surface area contributed by atoms with E-state index in [0.29, 0.717) is 5.92 Å². The number of rotatable bonds is 3. The minimum Gasteiger partial charge on any atom is -0.391 e. The Hall–Kier alpha value is -0.0800. The Morgan fingerprint density at radius 3 is 2.14 bits per heavy atom. The summed E-state index contributed by atoms with van der Waals surface area (Å²) in [4.78, 5) is 2.29. The Balaban J connectivity index is 2.10. The summed E-state index contributed by atoms with van der Waals surface area (Å²) in [5, 5.41) is 10.4. The summed E-state index contributed by atoms with van der Waals surface area (Å²) >= 11 is 0. The van der Waals surface area contributed by atoms with Gasteiger partial charge in [-0.1, -0.05) is 19.3 Å². The summed E-state index contributed by atoms with van der Waals surface area (Å²) in [6.45, 7) is 0. The summed E-state index contributed by atoms with van der Waals surface area (Å²) in [5.74, 6) is 0.607. The minimum absolute atomic E-state index is 0.0715. The number of likely N-dealkylation sites (N-methyl/N-ethyl adjacent to an activating group) is 1. The number of hydrogen-bond acceptors (Lipinski definition) is 2. The number of aliphatic hydroxyl groups excluding tert-OH is 1. The molecule has 0 heterocycles. The Labute approximate surface area is 87.3 Å². The highest BCUT2D eigenvalue weighted by molar-refractivity contribution is 5.02. The van der Waals surface area contributed by atoms with Crippen molar-refractivity contribution in [2.45, 2.75) is 56.6 Å². The van der Waals surface area contributed by atoms with Gasteiger partial charge in [0, 0.05) is 5.54 Å². The topological polar surface area (TPSA) is 23.5 Å². The zero-order chi connectivity index (χ0) is 10.2. The largest absolute Gasteiger partial charge is 0.391 e. The molecule has 0 aromatic rings. The lowest BCUT2D eigenvalue weighted by molar-refractivity contribution is -0.0430. The van der Waals surface area contributed by atoms with Gasteiger partial charge in [-0.15, -0.1) is 0 Å². The third-order valence-corrected chi connectivity index (χ3v) is 4.23. The van der Waals surface area contributed by atoms with Gasteiger partial charge in [0.15, 0.2) is 0 Å². The Morgan fingerprint density at radius 2 is 1.71 bits per heavy atom. The number of nitrogens with zero attached hydrogens (tertiary/aromatic N) is 1. The van der Waals surface area contributed by atoms with Crippen molar-refractivity contribution in [1.29, 1.82) is 0 Å². The fourth-order valence-electron chi connectivity index (χ4n) is 3.02. The fourth-order valence-corrected chi connectivity index (χ4v) is 3.02. The predicted molar refractivity (Wildman–Crippen MR) is 58.2 cm³/mol. The molecule has 0 saturated heterocycles. The molecule has 1 N–H and O–H groups in total. The molecule has 0 bridgehead atoms. The lowest BCUT2D eigenvalue weighted by Gasteiger charge is -2.46. The smallest absolute Gasteiger partial charge is 0.0751 e. The molecular formula is C12H23NO. The lowest BCUT2D eigenvalue weighted by atomic mass is 9.75. The molecule has 14 heavy (non-hydrogen) atoms. The molecular weight excluding hydrogens is 174 g/mol. The summed E-state index contributed by atoms with van der Waals surface area (Å²) in [5.41, 5.74) is 0.111. The van der Waals surface area contributed by atoms with Crippen molar-refractivity contribution in [3.8, 4) is 0 Å². The standard InChI is InChI=1S/C12H23NO/c1-13(2)12(8-4-3-5-9-12)11(14)10-6-7-10/h10-11,14H,3-9H2,1-2H3. The summed E-state index contributed by atoms with van der Waals surface area (Å²) in [6, 6.07) is 0. The van der Waals surface area contributed by atoms with Gasteiger partial charge in [0.25, 0.3) is 0 Å². The Morgan fingerprint density at radius 1 is 1.14 bits per heavy atom. The van der Waals surface area contributed by atoms with Crippen LogP contribution in [0.4, 0.5) is 0 Å². The molecule has 1 unspecified atom stereocenters. The van der Waals surface area contributed by atoms with Gasteiger partial charge in [-0.05, 0) is 45.7 Å². The predicted octanol–water partition coefficient (Wildman–Crippen LogP) is 2.02. The molecule has 2 heteroatoms. The van der Waals surface area contributed by atoms with E-state index in [9.17, 15) is 5.11 Å². The van der Waals surface area contributed by atoms with Gasteiger partial charge >= 0.3 is 0 Å². The van der Waals surface area contributed by atoms with Gasteiger partial charge in [0.1, 0.15) is 0 Å². The summed E-state index contributed by atoms with van der Waals surface area (Å²) in [7, 11) is 4.27. The van der Waals surface area contributed by atoms with E-state index in [1.807, 2.05) is 0 Å². The molecule has 0 radical (unpaired) electrons. The van der Waals surface area contributed by atoms with Gasteiger partial charge in [0.05, 0.1) is 6.10 Å². The van der Waals surface area contributed by atoms with Crippen LogP contribution in [0.3, 0.4) is 0 Å². The van der Waals surface area contributed by atoms with E-state index in [0.717, 1.165) is 0 Å². The molecule has 0 aromatic carbocycles. The van der Waals surface area contributed by atoms with E-state index < -0.39 is 0 Å². The molecule has 2 rings (SSSR count). The van der Waals surface area contributed by atoms with E-state index in [2.05, 4.69) is 19.0 Å². The molecule has 0 aromatic heterocycles. The first-order valence-corrected chi connectivity index (χ1v) is 6.02. The van der Waals surface area contributed by atoms with E-state index in [1.54, 1.807) is 0 Å². The van der Waals surface area contributed by atoms with Crippen molar-refractivity contribution >= 4 is 0 Å². The normalized spacial score (nSPS) is 29.1. The molecule has 2 aliphatic rings. The molecule has 2 fully saturated rings. The van der Waals surface area contributed by atoms with Crippen molar-refractivity contribution in [3.63, 3.8) is 0 Å². The van der Waals surface area contributed by atoms with Gasteiger partial charge < -0.3 is 10.0 Å². The maximum atomic E-state index is 10.4. The molecule has 0 amide bonds. The maximum absolute atomic E-state index is 10.4. The van der Waals surface area contributed by atoms with Crippen LogP contribution in [0, 0.1) is 5.92 Å². The Kier molecular flexibility index (Phi) is 2.85. The van der Waals surface area contributed by atoms with Crippen LogP contribution in [-0.2, 0) is 0 Å². The van der Waals surface area contributed by atoms with E-state index in [1.165, 1.54) is 44.9 Å². The second kappa shape index (κ2) is 3.82. The highest BCUT2D eigenvalue weighted by Crippen LogP contribution is 2.44. The average Bonchev–Trinajstić information content (AvgIpc) is 3.01. The monoisotopic (exact) mass is 197 g/mol. The molecule has 2 aliphatic carbocycles. The van der Waals surface area contributed by atoms with Crippen LogP contribution in [0.25, 0.3) is 0 Å². The first-order chi connectivity index (χ1) is 6.67. The van der Waals surface area contributed by atoms with Crippen LogP contribution in [0.2, 0.25) is 0 Å². The Bertz CT molecular complexity index is 192. The van der Waals surface area contributed by atoms with Crippen LogP contribution < -0.4 is 0 Å². The van der Waals surface area contributed by atoms with Crippen LogP contribution in [0.1, 0.15) is 44.9 Å². The zero-order valence-electron chi connectivity index (χ0n) is 9.50. The SMILES string of the molecule is CN(C)C1(C(O)C2CC2)CCCCC1. The summed E-state index contributed by atoms with van der Waals surface area (Å²) in [6.07, 6.45) is 8.75. The van der Waals surface area contributed by atoms with E-state index in [4.69, 9.17) is 0 Å². The lowest BCUT2D eigenvalue weighted by Crippen LogP contribution is -2.55. The average molecular weight is 197 g/mol. The van der Waals surface area contributed by atoms with Crippen LogP contribution in [-0.4, -0.2) is 35.7 Å². The van der Waals surface area contributed by atoms with Crippen molar-refractivity contribution < 1.29 is 5.11 Å². The van der Waals surface area contributed by atoms with E-state index >= 15 is 0 Å². The third-order valence-electron chi connectivity index (χ3n) is 4.23. The van der Waals surface area contributed by atoms with Gasteiger partial charge in [-0.2, -0.15) is 0 Å². The molecule has 2 saturated carbocycles. The van der Waals surface area contributed by atoms with Gasteiger partial charge in [-0.25, -0.2) is 0 Å². The summed E-state index contributed by atoms with van der Waals surface area (Å²) < 4.78 is 0. The van der Waals surface area contributed by atoms with Crippen LogP contribution in [0.5, 0.6) is 0 Å². The molecule has 82 valence electrons. The highest BCUT2D eigenvalue weighted by atomic mass is 16.3. The second-order valence-corrected chi connectivity index (χ2v) is 5.34. The molecule has 0 spiro atoms. The van der Waals surface area contributed by atoms with Gasteiger partial charge in [0.2, 0.25) is 0 Å². The van der Waals surface area contributed by atoms with Crippen molar-refractivity contribution in [2.75, 3.05) is 14.1 Å². The zero-order valence-corrected chi connectivity index (χ0v) is 9.50. The quantitative estimate of drug-likeness (QED) is 0.748. The molecule has 2 nitrogen and oxygen atoms in total. The van der Waals surface area contributed by atoms with E-state index in [-0.39, 0.29) is 11.6 Å². The third kappa shape index (κ3) is 1.70. The van der Waals surface area contributed by atoms with Crippen LogP contribution in [0.15, 0.2) is 0 Å². The van der Waals surface area contributed by atoms with Crippen molar-refractivity contribution in [1.82, 2.24) is 4.90 Å². The van der Waals surface area contributed by atoms with Crippen LogP contribution >= 0.6 is 0 Å². The number of aliphatic hydroxyl groups is 1. The fraction of sp³-hybridized carbons (Fsp3) is 1.00. The minimum atomic E-state index is -0.0715. The van der Waals surface area contributed by atoms with Crippen molar-refractivity contribution in [2.24, 2.45) is 5.92 Å². The van der Waals surface area contributed by atoms with Crippen molar-refractivity contribution in [3.05, 3.63) is 0 Å². The molecule has 0 aliphatic heterocycles.